The Morgan fingerprint density at radius 3 is 2.67 bits per heavy atom. The van der Waals surface area contributed by atoms with Crippen molar-refractivity contribution in [2.45, 2.75) is 59.2 Å². The highest BCUT2D eigenvalue weighted by atomic mass is 16.2. The molecule has 1 rings (SSSR count). The summed E-state index contributed by atoms with van der Waals surface area (Å²) in [5.41, 5.74) is 6.64. The van der Waals surface area contributed by atoms with Gasteiger partial charge in [0.05, 0.1) is 5.69 Å². The second-order valence-corrected chi connectivity index (χ2v) is 4.73. The zero-order chi connectivity index (χ0) is 13.7. The van der Waals surface area contributed by atoms with Crippen LogP contribution in [-0.2, 0) is 17.8 Å². The van der Waals surface area contributed by atoms with Crippen molar-refractivity contribution in [3.63, 3.8) is 0 Å². The molecule has 1 amide bonds. The van der Waals surface area contributed by atoms with Gasteiger partial charge in [-0.15, -0.1) is 0 Å². The molecule has 18 heavy (non-hydrogen) atoms. The van der Waals surface area contributed by atoms with Crippen molar-refractivity contribution in [3.05, 3.63) is 17.7 Å². The zero-order valence-corrected chi connectivity index (χ0v) is 11.7. The molecule has 0 fully saturated rings. The lowest BCUT2D eigenvalue weighted by molar-refractivity contribution is -0.122. The largest absolute Gasteiger partial charge is 0.352 e. The molecule has 0 radical (unpaired) electrons. The van der Waals surface area contributed by atoms with E-state index < -0.39 is 0 Å². The average molecular weight is 252 g/mol. The minimum absolute atomic E-state index is 0.0210. The van der Waals surface area contributed by atoms with E-state index in [-0.39, 0.29) is 18.0 Å². The van der Waals surface area contributed by atoms with Gasteiger partial charge >= 0.3 is 0 Å². The Balaban J connectivity index is 2.74. The fourth-order valence-corrected chi connectivity index (χ4v) is 1.69. The van der Waals surface area contributed by atoms with Crippen molar-refractivity contribution < 1.29 is 4.79 Å². The van der Waals surface area contributed by atoms with Crippen molar-refractivity contribution >= 4 is 5.91 Å². The van der Waals surface area contributed by atoms with Crippen LogP contribution in [0, 0.1) is 0 Å². The topological polar surface area (TPSA) is 72.9 Å². The zero-order valence-electron chi connectivity index (χ0n) is 11.7. The summed E-state index contributed by atoms with van der Waals surface area (Å²) in [6.45, 7) is 8.28. The third-order valence-corrected chi connectivity index (χ3v) is 2.99. The standard InChI is InChI=1S/C13H24N4O/c1-5-9(3)15-13(18)8-17-7-11(10(4)14)16-12(17)6-2/h7,9-10H,5-6,8,14H2,1-4H3,(H,15,18). The summed E-state index contributed by atoms with van der Waals surface area (Å²) in [5, 5.41) is 2.95. The number of aromatic nitrogens is 2. The number of hydrogen-bond donors (Lipinski definition) is 2. The first-order chi connectivity index (χ1) is 8.47. The van der Waals surface area contributed by atoms with Gasteiger partial charge in [0.2, 0.25) is 5.91 Å². The third-order valence-electron chi connectivity index (χ3n) is 2.99. The van der Waals surface area contributed by atoms with Gasteiger partial charge in [-0.2, -0.15) is 0 Å². The summed E-state index contributed by atoms with van der Waals surface area (Å²) in [6.07, 6.45) is 3.60. The molecule has 0 saturated heterocycles. The molecule has 1 aromatic rings. The summed E-state index contributed by atoms with van der Waals surface area (Å²) in [7, 11) is 0. The van der Waals surface area contributed by atoms with Crippen molar-refractivity contribution in [1.82, 2.24) is 14.9 Å². The summed E-state index contributed by atoms with van der Waals surface area (Å²) >= 11 is 0. The van der Waals surface area contributed by atoms with Crippen LogP contribution < -0.4 is 11.1 Å². The molecular formula is C13H24N4O. The molecule has 0 aliphatic carbocycles. The van der Waals surface area contributed by atoms with Crippen LogP contribution in [0.3, 0.4) is 0 Å². The van der Waals surface area contributed by atoms with Gasteiger partial charge in [0, 0.05) is 24.7 Å². The van der Waals surface area contributed by atoms with E-state index >= 15 is 0 Å². The predicted molar refractivity (Wildman–Crippen MR) is 72.1 cm³/mol. The summed E-state index contributed by atoms with van der Waals surface area (Å²) in [5.74, 6) is 0.925. The summed E-state index contributed by atoms with van der Waals surface area (Å²) in [6, 6.07) is 0.105. The van der Waals surface area contributed by atoms with E-state index in [0.717, 1.165) is 24.4 Å². The maximum atomic E-state index is 11.8. The van der Waals surface area contributed by atoms with Crippen molar-refractivity contribution in [1.29, 1.82) is 0 Å². The number of carbonyl (C=O) groups is 1. The molecule has 1 aromatic heterocycles. The van der Waals surface area contributed by atoms with Gasteiger partial charge in [-0.3, -0.25) is 4.79 Å². The SMILES string of the molecule is CCc1nc(C(C)N)cn1CC(=O)NC(C)CC. The van der Waals surface area contributed by atoms with Gasteiger partial charge in [0.15, 0.2) is 0 Å². The van der Waals surface area contributed by atoms with Crippen LogP contribution in [0.5, 0.6) is 0 Å². The first-order valence-corrected chi connectivity index (χ1v) is 6.58. The molecule has 0 bridgehead atoms. The molecule has 1 heterocycles. The van der Waals surface area contributed by atoms with Crippen LogP contribution in [0.2, 0.25) is 0 Å². The molecule has 0 spiro atoms. The Morgan fingerprint density at radius 2 is 2.17 bits per heavy atom. The van der Waals surface area contributed by atoms with Crippen molar-refractivity contribution in [3.8, 4) is 0 Å². The minimum atomic E-state index is -0.103. The van der Waals surface area contributed by atoms with Gasteiger partial charge < -0.3 is 15.6 Å². The van der Waals surface area contributed by atoms with Crippen LogP contribution in [0.25, 0.3) is 0 Å². The number of amides is 1. The first kappa shape index (κ1) is 14.7. The quantitative estimate of drug-likeness (QED) is 0.803. The van der Waals surface area contributed by atoms with Crippen molar-refractivity contribution in [2.75, 3.05) is 0 Å². The maximum absolute atomic E-state index is 11.8. The van der Waals surface area contributed by atoms with Crippen LogP contribution in [0.4, 0.5) is 0 Å². The minimum Gasteiger partial charge on any atom is -0.352 e. The predicted octanol–water partition coefficient (Wildman–Crippen LogP) is 1.38. The van der Waals surface area contributed by atoms with Gasteiger partial charge in [-0.1, -0.05) is 13.8 Å². The lowest BCUT2D eigenvalue weighted by Crippen LogP contribution is -2.34. The van der Waals surface area contributed by atoms with E-state index in [4.69, 9.17) is 5.73 Å². The lowest BCUT2D eigenvalue weighted by Gasteiger charge is -2.12. The average Bonchev–Trinajstić information content (AvgIpc) is 2.71. The van der Waals surface area contributed by atoms with Crippen LogP contribution >= 0.6 is 0 Å². The molecule has 5 heteroatoms. The molecule has 0 saturated carbocycles. The molecule has 0 aliphatic heterocycles. The Hall–Kier alpha value is -1.36. The highest BCUT2D eigenvalue weighted by Crippen LogP contribution is 2.10. The first-order valence-electron chi connectivity index (χ1n) is 6.58. The number of nitrogens with zero attached hydrogens (tertiary/aromatic N) is 2. The molecule has 2 unspecified atom stereocenters. The maximum Gasteiger partial charge on any atom is 0.240 e. The number of hydrogen-bond acceptors (Lipinski definition) is 3. The van der Waals surface area contributed by atoms with E-state index in [1.807, 2.05) is 38.5 Å². The Morgan fingerprint density at radius 1 is 1.50 bits per heavy atom. The molecule has 0 aliphatic rings. The Labute approximate surface area is 109 Å². The van der Waals surface area contributed by atoms with Crippen LogP contribution in [-0.4, -0.2) is 21.5 Å². The highest BCUT2D eigenvalue weighted by Gasteiger charge is 2.13. The number of imidazole rings is 1. The van der Waals surface area contributed by atoms with Gasteiger partial charge in [-0.05, 0) is 20.3 Å². The number of rotatable bonds is 6. The Bertz CT molecular complexity index is 398. The number of nitrogens with two attached hydrogens (primary N) is 1. The smallest absolute Gasteiger partial charge is 0.240 e. The summed E-state index contributed by atoms with van der Waals surface area (Å²) in [4.78, 5) is 16.3. The molecule has 2 atom stereocenters. The second-order valence-electron chi connectivity index (χ2n) is 4.73. The fraction of sp³-hybridized carbons (Fsp3) is 0.692. The molecule has 3 N–H and O–H groups in total. The highest BCUT2D eigenvalue weighted by molar-refractivity contribution is 5.76. The third kappa shape index (κ3) is 3.84. The van der Waals surface area contributed by atoms with E-state index in [9.17, 15) is 4.79 Å². The number of carbonyl (C=O) groups excluding carboxylic acids is 1. The Kier molecular flexibility index (Phi) is 5.34. The van der Waals surface area contributed by atoms with E-state index in [0.29, 0.717) is 6.54 Å². The molecule has 0 aromatic carbocycles. The van der Waals surface area contributed by atoms with Gasteiger partial charge in [-0.25, -0.2) is 4.98 Å². The lowest BCUT2D eigenvalue weighted by atomic mass is 10.2. The monoisotopic (exact) mass is 252 g/mol. The number of nitrogens with one attached hydrogen (secondary N) is 1. The summed E-state index contributed by atoms with van der Waals surface area (Å²) < 4.78 is 1.89. The second kappa shape index (κ2) is 6.54. The number of aryl methyl sites for hydroxylation is 1. The van der Waals surface area contributed by atoms with Crippen LogP contribution in [0.15, 0.2) is 6.20 Å². The van der Waals surface area contributed by atoms with Crippen LogP contribution in [0.1, 0.15) is 51.7 Å². The molecule has 5 nitrogen and oxygen atoms in total. The van der Waals surface area contributed by atoms with E-state index in [1.165, 1.54) is 0 Å². The van der Waals surface area contributed by atoms with E-state index in [1.54, 1.807) is 0 Å². The normalized spacial score (nSPS) is 14.3. The fourth-order valence-electron chi connectivity index (χ4n) is 1.69. The molecular weight excluding hydrogens is 228 g/mol. The van der Waals surface area contributed by atoms with Gasteiger partial charge in [0.25, 0.3) is 0 Å². The van der Waals surface area contributed by atoms with Crippen molar-refractivity contribution in [2.24, 2.45) is 5.73 Å². The molecule has 102 valence electrons. The van der Waals surface area contributed by atoms with Gasteiger partial charge in [0.1, 0.15) is 12.4 Å². The van der Waals surface area contributed by atoms with E-state index in [2.05, 4.69) is 10.3 Å².